The van der Waals surface area contributed by atoms with E-state index >= 15 is 0 Å². The van der Waals surface area contributed by atoms with Gasteiger partial charge in [-0.15, -0.1) is 0 Å². The Bertz CT molecular complexity index is 909. The number of hydroxylamine groups is 2. The smallest absolute Gasteiger partial charge is 0.296 e. The summed E-state index contributed by atoms with van der Waals surface area (Å²) >= 11 is 0. The van der Waals surface area contributed by atoms with Crippen LogP contribution in [0.2, 0.25) is 0 Å². The number of nitrogens with zero attached hydrogens (tertiary/aromatic N) is 4. The molecule has 2 heterocycles. The first-order valence-electron chi connectivity index (χ1n) is 7.13. The minimum Gasteiger partial charge on any atom is -0.493 e. The Morgan fingerprint density at radius 3 is 2.92 bits per heavy atom. The molecular formula is C16H15FN4O3. The molecule has 0 saturated carbocycles. The molecule has 24 heavy (non-hydrogen) atoms. The summed E-state index contributed by atoms with van der Waals surface area (Å²) in [7, 11) is 2.79. The van der Waals surface area contributed by atoms with E-state index in [1.165, 1.54) is 37.0 Å². The van der Waals surface area contributed by atoms with Gasteiger partial charge in [0, 0.05) is 19.5 Å². The third-order valence-corrected chi connectivity index (χ3v) is 3.64. The highest BCUT2D eigenvalue weighted by molar-refractivity contribution is 5.94. The van der Waals surface area contributed by atoms with Crippen molar-refractivity contribution in [2.45, 2.75) is 6.42 Å². The molecule has 0 saturated heterocycles. The molecule has 0 aliphatic heterocycles. The molecular weight excluding hydrogens is 315 g/mol. The molecule has 1 amide bonds. The van der Waals surface area contributed by atoms with Crippen LogP contribution in [0.4, 0.5) is 4.39 Å². The number of fused-ring (bicyclic) bond motifs is 1. The number of carbonyl (C=O) groups is 1. The molecule has 2 aromatic heterocycles. The van der Waals surface area contributed by atoms with Crippen molar-refractivity contribution in [1.29, 1.82) is 0 Å². The maximum atomic E-state index is 13.4. The van der Waals surface area contributed by atoms with Crippen LogP contribution in [0.25, 0.3) is 5.65 Å². The van der Waals surface area contributed by atoms with Gasteiger partial charge in [0.15, 0.2) is 5.65 Å². The van der Waals surface area contributed by atoms with E-state index < -0.39 is 11.7 Å². The van der Waals surface area contributed by atoms with E-state index in [1.807, 2.05) is 0 Å². The van der Waals surface area contributed by atoms with Gasteiger partial charge in [-0.2, -0.15) is 9.61 Å². The maximum Gasteiger partial charge on any atom is 0.296 e. The number of rotatable bonds is 4. The molecule has 3 aromatic rings. The lowest BCUT2D eigenvalue weighted by atomic mass is 10.0. The molecule has 1 aromatic carbocycles. The molecule has 1 N–H and O–H groups in total. The minimum absolute atomic E-state index is 0.0223. The lowest BCUT2D eigenvalue weighted by Crippen LogP contribution is -2.28. The molecule has 0 unspecified atom stereocenters. The van der Waals surface area contributed by atoms with E-state index in [2.05, 4.69) is 10.1 Å². The number of hydrogen-bond acceptors (Lipinski definition) is 5. The molecule has 0 fully saturated rings. The fourth-order valence-electron chi connectivity index (χ4n) is 2.38. The standard InChI is InChI=1S/C16H15FN4O3/c1-20(24-2)16(23)14-12(9-10-4-3-5-11(17)8-10)15(22)21-13(19-14)6-7-18-21/h3-8,22H,9H2,1-2H3. The van der Waals surface area contributed by atoms with Crippen molar-refractivity contribution in [2.24, 2.45) is 0 Å². The number of benzene rings is 1. The zero-order valence-corrected chi connectivity index (χ0v) is 13.1. The average molecular weight is 330 g/mol. The second-order valence-electron chi connectivity index (χ2n) is 5.16. The summed E-state index contributed by atoms with van der Waals surface area (Å²) in [4.78, 5) is 21.7. The monoisotopic (exact) mass is 330 g/mol. The van der Waals surface area contributed by atoms with Crippen LogP contribution in [-0.4, -0.2) is 44.8 Å². The SMILES string of the molecule is CON(C)C(=O)c1nc2ccnn2c(O)c1Cc1cccc(F)c1. The van der Waals surface area contributed by atoms with Crippen molar-refractivity contribution < 1.29 is 19.1 Å². The van der Waals surface area contributed by atoms with Gasteiger partial charge in [0.25, 0.3) is 5.91 Å². The second kappa shape index (κ2) is 6.25. The van der Waals surface area contributed by atoms with E-state index in [1.54, 1.807) is 18.2 Å². The van der Waals surface area contributed by atoms with Crippen LogP contribution in [0.15, 0.2) is 36.5 Å². The van der Waals surface area contributed by atoms with Crippen LogP contribution in [0.1, 0.15) is 21.6 Å². The normalized spacial score (nSPS) is 11.0. The van der Waals surface area contributed by atoms with Crippen LogP contribution in [-0.2, 0) is 11.3 Å². The summed E-state index contributed by atoms with van der Waals surface area (Å²) in [5, 5.41) is 15.5. The number of carbonyl (C=O) groups excluding carboxylic acids is 1. The maximum absolute atomic E-state index is 13.4. The molecule has 124 valence electrons. The quantitative estimate of drug-likeness (QED) is 0.738. The molecule has 0 radical (unpaired) electrons. The molecule has 0 aliphatic rings. The summed E-state index contributed by atoms with van der Waals surface area (Å²) in [6.07, 6.45) is 1.58. The van der Waals surface area contributed by atoms with E-state index in [0.717, 1.165) is 5.06 Å². The second-order valence-corrected chi connectivity index (χ2v) is 5.16. The Balaban J connectivity index is 2.16. The van der Waals surface area contributed by atoms with Gasteiger partial charge in [0.2, 0.25) is 5.88 Å². The molecule has 0 aliphatic carbocycles. The van der Waals surface area contributed by atoms with Gasteiger partial charge in [-0.25, -0.2) is 14.4 Å². The van der Waals surface area contributed by atoms with Gasteiger partial charge >= 0.3 is 0 Å². The average Bonchev–Trinajstić information content (AvgIpc) is 3.04. The largest absolute Gasteiger partial charge is 0.493 e. The zero-order valence-electron chi connectivity index (χ0n) is 13.1. The van der Waals surface area contributed by atoms with Gasteiger partial charge in [0.05, 0.1) is 18.9 Å². The number of aromatic nitrogens is 3. The van der Waals surface area contributed by atoms with Gasteiger partial charge in [-0.1, -0.05) is 12.1 Å². The van der Waals surface area contributed by atoms with Crippen molar-refractivity contribution in [1.82, 2.24) is 19.7 Å². The van der Waals surface area contributed by atoms with Crippen molar-refractivity contribution in [3.8, 4) is 5.88 Å². The fourth-order valence-corrected chi connectivity index (χ4v) is 2.38. The van der Waals surface area contributed by atoms with Crippen molar-refractivity contribution >= 4 is 11.6 Å². The summed E-state index contributed by atoms with van der Waals surface area (Å²) in [6.45, 7) is 0. The topological polar surface area (TPSA) is 80.0 Å². The summed E-state index contributed by atoms with van der Waals surface area (Å²) in [6, 6.07) is 7.48. The van der Waals surface area contributed by atoms with Crippen molar-refractivity contribution in [2.75, 3.05) is 14.2 Å². The van der Waals surface area contributed by atoms with Gasteiger partial charge in [0.1, 0.15) is 11.5 Å². The third kappa shape index (κ3) is 2.79. The van der Waals surface area contributed by atoms with E-state index in [-0.39, 0.29) is 23.6 Å². The van der Waals surface area contributed by atoms with Gasteiger partial charge in [-0.3, -0.25) is 9.63 Å². The lowest BCUT2D eigenvalue weighted by Gasteiger charge is -2.17. The van der Waals surface area contributed by atoms with Crippen LogP contribution >= 0.6 is 0 Å². The predicted molar refractivity (Wildman–Crippen MR) is 83.0 cm³/mol. The summed E-state index contributed by atoms with van der Waals surface area (Å²) in [5.41, 5.74) is 1.18. The number of amides is 1. The van der Waals surface area contributed by atoms with Crippen LogP contribution in [0.5, 0.6) is 5.88 Å². The first-order valence-corrected chi connectivity index (χ1v) is 7.13. The fraction of sp³-hybridized carbons (Fsp3) is 0.188. The summed E-state index contributed by atoms with van der Waals surface area (Å²) in [5.74, 6) is -1.15. The molecule has 0 spiro atoms. The van der Waals surface area contributed by atoms with Gasteiger partial charge in [-0.05, 0) is 17.7 Å². The van der Waals surface area contributed by atoms with E-state index in [9.17, 15) is 14.3 Å². The Labute approximate surface area is 136 Å². The first kappa shape index (κ1) is 15.9. The highest BCUT2D eigenvalue weighted by Gasteiger charge is 2.24. The Hall–Kier alpha value is -3.00. The molecule has 3 rings (SSSR count). The lowest BCUT2D eigenvalue weighted by molar-refractivity contribution is -0.0761. The highest BCUT2D eigenvalue weighted by atomic mass is 19.1. The van der Waals surface area contributed by atoms with E-state index in [4.69, 9.17) is 4.84 Å². The minimum atomic E-state index is -0.525. The molecule has 8 heteroatoms. The third-order valence-electron chi connectivity index (χ3n) is 3.64. The van der Waals surface area contributed by atoms with E-state index in [0.29, 0.717) is 11.2 Å². The van der Waals surface area contributed by atoms with Crippen molar-refractivity contribution in [3.63, 3.8) is 0 Å². The molecule has 0 bridgehead atoms. The summed E-state index contributed by atoms with van der Waals surface area (Å²) < 4.78 is 14.6. The number of halogens is 1. The first-order chi connectivity index (χ1) is 11.5. The van der Waals surface area contributed by atoms with Crippen molar-refractivity contribution in [3.05, 3.63) is 59.2 Å². The van der Waals surface area contributed by atoms with Crippen LogP contribution in [0.3, 0.4) is 0 Å². The highest BCUT2D eigenvalue weighted by Crippen LogP contribution is 2.25. The number of hydrogen-bond donors (Lipinski definition) is 1. The van der Waals surface area contributed by atoms with Crippen LogP contribution in [0, 0.1) is 5.82 Å². The zero-order chi connectivity index (χ0) is 17.3. The number of aromatic hydroxyl groups is 1. The Kier molecular flexibility index (Phi) is 4.13. The van der Waals surface area contributed by atoms with Gasteiger partial charge < -0.3 is 5.11 Å². The Morgan fingerprint density at radius 1 is 1.42 bits per heavy atom. The predicted octanol–water partition coefficient (Wildman–Crippen LogP) is 1.80. The molecule has 0 atom stereocenters. The Morgan fingerprint density at radius 2 is 2.21 bits per heavy atom. The van der Waals surface area contributed by atoms with Crippen LogP contribution < -0.4 is 0 Å². The molecule has 7 nitrogen and oxygen atoms in total.